The summed E-state index contributed by atoms with van der Waals surface area (Å²) in [6.45, 7) is 3.87. The summed E-state index contributed by atoms with van der Waals surface area (Å²) in [6.07, 6.45) is 2.12. The molecule has 1 amide bonds. The van der Waals surface area contributed by atoms with Gasteiger partial charge in [0.25, 0.3) is 5.89 Å². The smallest absolute Gasteiger partial charge is 0.259 e. The molecule has 0 bridgehead atoms. The van der Waals surface area contributed by atoms with Crippen LogP contribution in [0.5, 0.6) is 0 Å². The second kappa shape index (κ2) is 6.53. The molecule has 0 spiro atoms. The van der Waals surface area contributed by atoms with Crippen molar-refractivity contribution in [2.75, 3.05) is 26.2 Å². The van der Waals surface area contributed by atoms with Gasteiger partial charge >= 0.3 is 0 Å². The summed E-state index contributed by atoms with van der Waals surface area (Å²) >= 11 is 6.16. The number of aromatic nitrogens is 2. The van der Waals surface area contributed by atoms with Gasteiger partial charge in [-0.2, -0.15) is 4.98 Å². The van der Waals surface area contributed by atoms with Crippen LogP contribution in [0.25, 0.3) is 11.5 Å². The molecule has 1 aliphatic heterocycles. The Morgan fingerprint density at radius 2 is 1.96 bits per heavy atom. The van der Waals surface area contributed by atoms with E-state index in [2.05, 4.69) is 15.0 Å². The van der Waals surface area contributed by atoms with Crippen LogP contribution >= 0.6 is 11.6 Å². The Labute approximate surface area is 145 Å². The van der Waals surface area contributed by atoms with E-state index in [0.717, 1.165) is 44.6 Å². The van der Waals surface area contributed by atoms with Gasteiger partial charge in [-0.3, -0.25) is 9.69 Å². The summed E-state index contributed by atoms with van der Waals surface area (Å²) in [4.78, 5) is 20.7. The topological polar surface area (TPSA) is 62.5 Å². The van der Waals surface area contributed by atoms with E-state index in [0.29, 0.717) is 35.1 Å². The first-order chi connectivity index (χ1) is 11.7. The van der Waals surface area contributed by atoms with Crippen LogP contribution < -0.4 is 0 Å². The molecule has 24 heavy (non-hydrogen) atoms. The first-order valence-electron chi connectivity index (χ1n) is 8.29. The Hall–Kier alpha value is -1.92. The lowest BCUT2D eigenvalue weighted by Gasteiger charge is -2.34. The van der Waals surface area contributed by atoms with Crippen molar-refractivity contribution in [2.24, 2.45) is 5.92 Å². The van der Waals surface area contributed by atoms with Crippen LogP contribution in [-0.2, 0) is 11.3 Å². The van der Waals surface area contributed by atoms with Crippen LogP contribution in [0, 0.1) is 5.92 Å². The van der Waals surface area contributed by atoms with Crippen molar-refractivity contribution in [1.82, 2.24) is 19.9 Å². The zero-order valence-corrected chi connectivity index (χ0v) is 14.1. The maximum atomic E-state index is 12.1. The van der Waals surface area contributed by atoms with E-state index < -0.39 is 0 Å². The summed E-state index contributed by atoms with van der Waals surface area (Å²) in [6, 6.07) is 7.42. The standard InChI is InChI=1S/C17H19ClN4O2/c18-14-4-2-1-3-13(14)16-19-15(20-24-16)11-21-7-9-22(10-8-21)17(23)12-5-6-12/h1-4,12H,5-11H2. The van der Waals surface area contributed by atoms with Gasteiger partial charge in [0.05, 0.1) is 17.1 Å². The lowest BCUT2D eigenvalue weighted by molar-refractivity contribution is -0.134. The Balaban J connectivity index is 1.35. The fraction of sp³-hybridized carbons (Fsp3) is 0.471. The minimum atomic E-state index is 0.298. The van der Waals surface area contributed by atoms with E-state index in [1.165, 1.54) is 0 Å². The molecule has 4 rings (SSSR count). The largest absolute Gasteiger partial charge is 0.340 e. The predicted molar refractivity (Wildman–Crippen MR) is 89.3 cm³/mol. The number of halogens is 1. The molecule has 0 N–H and O–H groups in total. The van der Waals surface area contributed by atoms with Gasteiger partial charge in [-0.05, 0) is 25.0 Å². The van der Waals surface area contributed by atoms with Crippen molar-refractivity contribution in [3.63, 3.8) is 0 Å². The fourth-order valence-corrected chi connectivity index (χ4v) is 3.19. The molecule has 2 heterocycles. The molecule has 126 valence electrons. The molecular weight excluding hydrogens is 328 g/mol. The molecular formula is C17H19ClN4O2. The number of hydrogen-bond donors (Lipinski definition) is 0. The van der Waals surface area contributed by atoms with Crippen LogP contribution in [0.4, 0.5) is 0 Å². The number of amides is 1. The van der Waals surface area contributed by atoms with Gasteiger partial charge in [-0.15, -0.1) is 0 Å². The molecule has 1 aromatic heterocycles. The Bertz CT molecular complexity index is 736. The van der Waals surface area contributed by atoms with E-state index in [1.807, 2.05) is 23.1 Å². The summed E-state index contributed by atoms with van der Waals surface area (Å²) in [5.41, 5.74) is 0.748. The number of rotatable bonds is 4. The van der Waals surface area contributed by atoms with Crippen molar-refractivity contribution in [3.8, 4) is 11.5 Å². The van der Waals surface area contributed by atoms with Crippen LogP contribution in [0.2, 0.25) is 5.02 Å². The second-order valence-corrected chi connectivity index (χ2v) is 6.78. The molecule has 0 radical (unpaired) electrons. The molecule has 1 aliphatic carbocycles. The first-order valence-corrected chi connectivity index (χ1v) is 8.67. The maximum absolute atomic E-state index is 12.1. The summed E-state index contributed by atoms with van der Waals surface area (Å²) in [5.74, 6) is 1.71. The molecule has 1 aromatic carbocycles. The van der Waals surface area contributed by atoms with Gasteiger partial charge in [0.15, 0.2) is 5.82 Å². The average Bonchev–Trinajstić information content (AvgIpc) is 3.35. The zero-order chi connectivity index (χ0) is 16.5. The fourth-order valence-electron chi connectivity index (χ4n) is 2.98. The SMILES string of the molecule is O=C(C1CC1)N1CCN(Cc2noc(-c3ccccc3Cl)n2)CC1. The Morgan fingerprint density at radius 1 is 1.21 bits per heavy atom. The molecule has 2 aromatic rings. The number of carbonyl (C=O) groups excluding carboxylic acids is 1. The predicted octanol–water partition coefficient (Wildman–Crippen LogP) is 2.44. The van der Waals surface area contributed by atoms with Crippen molar-refractivity contribution in [1.29, 1.82) is 0 Å². The zero-order valence-electron chi connectivity index (χ0n) is 13.3. The Morgan fingerprint density at radius 3 is 2.67 bits per heavy atom. The van der Waals surface area contributed by atoms with Crippen LogP contribution in [0.1, 0.15) is 18.7 Å². The second-order valence-electron chi connectivity index (χ2n) is 6.37. The molecule has 2 fully saturated rings. The van der Waals surface area contributed by atoms with E-state index in [1.54, 1.807) is 6.07 Å². The highest BCUT2D eigenvalue weighted by Gasteiger charge is 2.34. The maximum Gasteiger partial charge on any atom is 0.259 e. The van der Waals surface area contributed by atoms with Crippen LogP contribution in [0.15, 0.2) is 28.8 Å². The van der Waals surface area contributed by atoms with Gasteiger partial charge < -0.3 is 9.42 Å². The number of nitrogens with zero attached hydrogens (tertiary/aromatic N) is 4. The number of benzene rings is 1. The Kier molecular flexibility index (Phi) is 4.24. The lowest BCUT2D eigenvalue weighted by atomic mass is 10.2. The third-order valence-electron chi connectivity index (χ3n) is 4.55. The number of piperazine rings is 1. The van der Waals surface area contributed by atoms with Crippen LogP contribution in [-0.4, -0.2) is 52.0 Å². The van der Waals surface area contributed by atoms with E-state index in [9.17, 15) is 4.79 Å². The third-order valence-corrected chi connectivity index (χ3v) is 4.88. The van der Waals surface area contributed by atoms with Crippen molar-refractivity contribution in [2.45, 2.75) is 19.4 Å². The normalized spacial score (nSPS) is 18.8. The molecule has 0 unspecified atom stereocenters. The molecule has 7 heteroatoms. The minimum absolute atomic E-state index is 0.298. The average molecular weight is 347 g/mol. The summed E-state index contributed by atoms with van der Waals surface area (Å²) in [7, 11) is 0. The first kappa shape index (κ1) is 15.6. The molecule has 1 saturated carbocycles. The molecule has 6 nitrogen and oxygen atoms in total. The quantitative estimate of drug-likeness (QED) is 0.851. The molecule has 2 aliphatic rings. The van der Waals surface area contributed by atoms with Gasteiger partial charge in [0.1, 0.15) is 0 Å². The van der Waals surface area contributed by atoms with Crippen molar-refractivity contribution < 1.29 is 9.32 Å². The highest BCUT2D eigenvalue weighted by molar-refractivity contribution is 6.33. The van der Waals surface area contributed by atoms with Gasteiger partial charge in [0.2, 0.25) is 5.91 Å². The molecule has 1 saturated heterocycles. The van der Waals surface area contributed by atoms with Crippen LogP contribution in [0.3, 0.4) is 0 Å². The number of hydrogen-bond acceptors (Lipinski definition) is 5. The highest BCUT2D eigenvalue weighted by atomic mass is 35.5. The van der Waals surface area contributed by atoms with Gasteiger partial charge in [-0.1, -0.05) is 28.9 Å². The van der Waals surface area contributed by atoms with Crippen molar-refractivity contribution >= 4 is 17.5 Å². The monoisotopic (exact) mass is 346 g/mol. The van der Waals surface area contributed by atoms with Gasteiger partial charge in [-0.25, -0.2) is 0 Å². The van der Waals surface area contributed by atoms with E-state index in [-0.39, 0.29) is 0 Å². The van der Waals surface area contributed by atoms with Crippen molar-refractivity contribution in [3.05, 3.63) is 35.1 Å². The summed E-state index contributed by atoms with van der Waals surface area (Å²) in [5, 5.41) is 4.65. The minimum Gasteiger partial charge on any atom is -0.340 e. The third kappa shape index (κ3) is 3.30. The van der Waals surface area contributed by atoms with E-state index >= 15 is 0 Å². The highest BCUT2D eigenvalue weighted by Crippen LogP contribution is 2.31. The van der Waals surface area contributed by atoms with E-state index in [4.69, 9.17) is 16.1 Å². The number of carbonyl (C=O) groups is 1. The summed E-state index contributed by atoms with van der Waals surface area (Å²) < 4.78 is 5.34. The van der Waals surface area contributed by atoms with Gasteiger partial charge in [0, 0.05) is 32.1 Å². The molecule has 0 atom stereocenters. The lowest BCUT2D eigenvalue weighted by Crippen LogP contribution is -2.48.